The van der Waals surface area contributed by atoms with Crippen LogP contribution in [0.5, 0.6) is 0 Å². The number of nitrogens with one attached hydrogen (secondary N) is 2. The van der Waals surface area contributed by atoms with E-state index in [9.17, 15) is 13.2 Å². The molecule has 1 amide bonds. The van der Waals surface area contributed by atoms with Gasteiger partial charge in [-0.25, -0.2) is 14.7 Å². The number of hydrogen-bond acceptors (Lipinski definition) is 8. The number of benzene rings is 1. The zero-order valence-corrected chi connectivity index (χ0v) is 27.0. The smallest absolute Gasteiger partial charge is 0.281 e. The van der Waals surface area contributed by atoms with E-state index in [-0.39, 0.29) is 27.6 Å². The molecule has 1 saturated heterocycles. The lowest BCUT2D eigenvalue weighted by molar-refractivity contribution is 0.0981. The Labute approximate surface area is 259 Å². The number of fused-ring (bicyclic) bond motifs is 7. The van der Waals surface area contributed by atoms with Gasteiger partial charge in [-0.2, -0.15) is 8.42 Å². The third kappa shape index (κ3) is 5.75. The van der Waals surface area contributed by atoms with Crippen molar-refractivity contribution in [3.05, 3.63) is 83.2 Å². The summed E-state index contributed by atoms with van der Waals surface area (Å²) >= 11 is 0. The zero-order valence-electron chi connectivity index (χ0n) is 26.2. The van der Waals surface area contributed by atoms with Crippen LogP contribution in [0, 0.1) is 12.8 Å². The first-order chi connectivity index (χ1) is 20.7. The quantitative estimate of drug-likeness (QED) is 0.257. The van der Waals surface area contributed by atoms with Crippen LogP contribution in [0.25, 0.3) is 10.9 Å². The molecule has 2 aliphatic rings. The largest absolute Gasteiger partial charge is 0.362 e. The second kappa shape index (κ2) is 10.8. The van der Waals surface area contributed by atoms with Gasteiger partial charge in [0.2, 0.25) is 0 Å². The number of para-hydroxylation sites is 1. The fraction of sp³-hybridized carbons (Fsp3) is 0.412. The van der Waals surface area contributed by atoms with Gasteiger partial charge in [-0.15, -0.1) is 0 Å². The van der Waals surface area contributed by atoms with E-state index in [4.69, 9.17) is 9.97 Å². The number of sulfonamides is 1. The molecule has 0 spiro atoms. The summed E-state index contributed by atoms with van der Waals surface area (Å²) in [5, 5.41) is 4.02. The molecular formula is C34H40N6O3S. The normalized spacial score (nSPS) is 21.5. The highest BCUT2D eigenvalue weighted by Gasteiger charge is 2.41. The standard InChI is InChI=1S/C34H40N6O3S/c1-21-9-7-10-23-17-25-31(38-30(21)23)40-20-22(19-34(40,5)6)13-14-26(27-18-24(15-16-35-27)33(2,3)4)36-28-11-8-12-29(37-28)44(42,43)39-32(25)41/h7-12,15-18,22,26H,13-14,19-20H2,1-6H3,(H,36,37)(H,39,41)/t22-,26?/m0/s1. The molecule has 0 aliphatic carbocycles. The van der Waals surface area contributed by atoms with Crippen molar-refractivity contribution in [2.24, 2.45) is 5.92 Å². The summed E-state index contributed by atoms with van der Waals surface area (Å²) in [7, 11) is -4.30. The van der Waals surface area contributed by atoms with Gasteiger partial charge in [0, 0.05) is 23.7 Å². The van der Waals surface area contributed by atoms with Crippen molar-refractivity contribution in [2.75, 3.05) is 16.8 Å². The van der Waals surface area contributed by atoms with Crippen molar-refractivity contribution in [2.45, 2.75) is 82.8 Å². The zero-order chi connectivity index (χ0) is 31.4. The molecule has 2 N–H and O–H groups in total. The Balaban J connectivity index is 1.48. The second-order valence-corrected chi connectivity index (χ2v) is 15.4. The third-order valence-corrected chi connectivity index (χ3v) is 10.1. The Morgan fingerprint density at radius 2 is 1.77 bits per heavy atom. The summed E-state index contributed by atoms with van der Waals surface area (Å²) in [5.74, 6) is 0.489. The molecule has 1 aromatic carbocycles. The number of carbonyl (C=O) groups is 1. The highest BCUT2D eigenvalue weighted by atomic mass is 32.2. The first-order valence-corrected chi connectivity index (χ1v) is 16.6. The number of carbonyl (C=O) groups excluding carboxylic acids is 1. The van der Waals surface area contributed by atoms with Gasteiger partial charge in [0.05, 0.1) is 22.8 Å². The monoisotopic (exact) mass is 612 g/mol. The molecule has 4 bridgehead atoms. The lowest BCUT2D eigenvalue weighted by Gasteiger charge is -2.34. The molecule has 2 aliphatic heterocycles. The van der Waals surface area contributed by atoms with Crippen LogP contribution in [0.3, 0.4) is 0 Å². The molecule has 0 radical (unpaired) electrons. The number of amides is 1. The minimum atomic E-state index is -4.30. The van der Waals surface area contributed by atoms with Gasteiger partial charge in [0.15, 0.2) is 5.03 Å². The molecule has 5 heterocycles. The summed E-state index contributed by atoms with van der Waals surface area (Å²) in [6.45, 7) is 13.5. The van der Waals surface area contributed by atoms with Crippen molar-refractivity contribution in [1.82, 2.24) is 19.7 Å². The maximum absolute atomic E-state index is 13.8. The molecule has 6 rings (SSSR count). The summed E-state index contributed by atoms with van der Waals surface area (Å²) in [6, 6.07) is 16.3. The number of nitrogens with zero attached hydrogens (tertiary/aromatic N) is 4. The van der Waals surface area contributed by atoms with Gasteiger partial charge >= 0.3 is 0 Å². The number of aromatic nitrogens is 3. The summed E-state index contributed by atoms with van der Waals surface area (Å²) in [5.41, 5.74) is 3.70. The molecule has 230 valence electrons. The molecule has 1 unspecified atom stereocenters. The predicted octanol–water partition coefficient (Wildman–Crippen LogP) is 6.30. The van der Waals surface area contributed by atoms with Crippen LogP contribution in [0.15, 0.2) is 65.8 Å². The molecule has 3 aromatic heterocycles. The third-order valence-electron chi connectivity index (χ3n) is 8.90. The molecule has 44 heavy (non-hydrogen) atoms. The van der Waals surface area contributed by atoms with Crippen LogP contribution in [-0.2, 0) is 15.4 Å². The molecule has 0 saturated carbocycles. The first-order valence-electron chi connectivity index (χ1n) is 15.2. The van der Waals surface area contributed by atoms with Crippen LogP contribution in [0.4, 0.5) is 11.6 Å². The van der Waals surface area contributed by atoms with Crippen molar-refractivity contribution in [3.63, 3.8) is 0 Å². The highest BCUT2D eigenvalue weighted by Crippen LogP contribution is 2.41. The topological polar surface area (TPSA) is 117 Å². The van der Waals surface area contributed by atoms with E-state index in [1.807, 2.05) is 37.4 Å². The summed E-state index contributed by atoms with van der Waals surface area (Å²) < 4.78 is 29.4. The van der Waals surface area contributed by atoms with E-state index in [0.717, 1.165) is 41.4 Å². The van der Waals surface area contributed by atoms with Crippen molar-refractivity contribution in [1.29, 1.82) is 0 Å². The van der Waals surface area contributed by atoms with Crippen LogP contribution in [-0.4, -0.2) is 41.4 Å². The molecular weight excluding hydrogens is 572 g/mol. The first kappa shape index (κ1) is 30.0. The minimum absolute atomic E-state index is 0.0547. The molecule has 2 atom stereocenters. The van der Waals surface area contributed by atoms with Crippen LogP contribution in [0.2, 0.25) is 0 Å². The van der Waals surface area contributed by atoms with Crippen molar-refractivity contribution in [3.8, 4) is 0 Å². The Morgan fingerprint density at radius 1 is 1.00 bits per heavy atom. The van der Waals surface area contributed by atoms with Crippen LogP contribution in [0.1, 0.15) is 87.1 Å². The maximum Gasteiger partial charge on any atom is 0.281 e. The summed E-state index contributed by atoms with van der Waals surface area (Å²) in [4.78, 5) is 30.2. The fourth-order valence-electron chi connectivity index (χ4n) is 6.52. The van der Waals surface area contributed by atoms with Gasteiger partial charge in [-0.05, 0) is 92.8 Å². The van der Waals surface area contributed by atoms with Gasteiger partial charge in [-0.1, -0.05) is 45.0 Å². The van der Waals surface area contributed by atoms with E-state index in [2.05, 4.69) is 60.6 Å². The van der Waals surface area contributed by atoms with Gasteiger partial charge < -0.3 is 10.2 Å². The Bertz CT molecular complexity index is 1860. The van der Waals surface area contributed by atoms with E-state index >= 15 is 0 Å². The lowest BCUT2D eigenvalue weighted by atomic mass is 9.86. The number of rotatable bonds is 1. The number of pyridine rings is 3. The van der Waals surface area contributed by atoms with Gasteiger partial charge in [0.1, 0.15) is 11.6 Å². The number of hydrogen-bond donors (Lipinski definition) is 2. The van der Waals surface area contributed by atoms with Crippen LogP contribution >= 0.6 is 0 Å². The average Bonchev–Trinajstić information content (AvgIpc) is 3.27. The van der Waals surface area contributed by atoms with E-state index < -0.39 is 15.9 Å². The number of aryl methyl sites for hydroxylation is 1. The van der Waals surface area contributed by atoms with Crippen LogP contribution < -0.4 is 14.9 Å². The molecule has 9 nitrogen and oxygen atoms in total. The van der Waals surface area contributed by atoms with Crippen molar-refractivity contribution >= 4 is 38.5 Å². The minimum Gasteiger partial charge on any atom is -0.362 e. The van der Waals surface area contributed by atoms with E-state index in [1.165, 1.54) is 11.6 Å². The van der Waals surface area contributed by atoms with Gasteiger partial charge in [0.25, 0.3) is 15.9 Å². The SMILES string of the molecule is Cc1cccc2cc3c(nc12)N1C[C@@H](CCC(c2cc(C(C)(C)C)ccn2)Nc2cccc(n2)S(=O)(=O)NC3=O)CC1(C)C. The predicted molar refractivity (Wildman–Crippen MR) is 173 cm³/mol. The molecule has 10 heteroatoms. The van der Waals surface area contributed by atoms with E-state index in [0.29, 0.717) is 24.1 Å². The Morgan fingerprint density at radius 3 is 2.55 bits per heavy atom. The van der Waals surface area contributed by atoms with Gasteiger partial charge in [-0.3, -0.25) is 9.78 Å². The second-order valence-electron chi connectivity index (χ2n) is 13.8. The molecule has 4 aromatic rings. The number of anilines is 2. The Kier molecular flexibility index (Phi) is 7.39. The highest BCUT2D eigenvalue weighted by molar-refractivity contribution is 7.90. The molecule has 1 fully saturated rings. The summed E-state index contributed by atoms with van der Waals surface area (Å²) in [6.07, 6.45) is 4.40. The average molecular weight is 613 g/mol. The Hall–Kier alpha value is -4.05. The maximum atomic E-state index is 13.8. The fourth-order valence-corrected chi connectivity index (χ4v) is 7.45. The van der Waals surface area contributed by atoms with Crippen molar-refractivity contribution < 1.29 is 13.2 Å². The lowest BCUT2D eigenvalue weighted by Crippen LogP contribution is -2.41. The van der Waals surface area contributed by atoms with E-state index in [1.54, 1.807) is 18.2 Å².